The lowest BCUT2D eigenvalue weighted by Gasteiger charge is -2.38. The Morgan fingerprint density at radius 2 is 1.78 bits per heavy atom. The predicted octanol–water partition coefficient (Wildman–Crippen LogP) is 1.90. The molecule has 3 atom stereocenters. The summed E-state index contributed by atoms with van der Waals surface area (Å²) in [6.07, 6.45) is 4.94. The van der Waals surface area contributed by atoms with Gasteiger partial charge in [0.15, 0.2) is 0 Å². The van der Waals surface area contributed by atoms with Crippen molar-refractivity contribution < 1.29 is 9.59 Å². The zero-order valence-electron chi connectivity index (χ0n) is 14.7. The number of carbonyl (C=O) groups is 2. The molecule has 0 spiro atoms. The molecular formula is C17H32ClN3O2. The van der Waals surface area contributed by atoms with Crippen molar-refractivity contribution >= 4 is 24.2 Å². The maximum atomic E-state index is 12.8. The summed E-state index contributed by atoms with van der Waals surface area (Å²) in [6, 6.07) is 0.416. The molecule has 2 amide bonds. The second kappa shape index (κ2) is 9.48. The number of hydrogen-bond donors (Lipinski definition) is 1. The molecule has 0 bridgehead atoms. The van der Waals surface area contributed by atoms with E-state index < -0.39 is 0 Å². The molecule has 6 heteroatoms. The van der Waals surface area contributed by atoms with E-state index in [9.17, 15) is 9.59 Å². The van der Waals surface area contributed by atoms with Gasteiger partial charge in [-0.05, 0) is 39.2 Å². The number of rotatable bonds is 4. The summed E-state index contributed by atoms with van der Waals surface area (Å²) in [5.41, 5.74) is 0. The van der Waals surface area contributed by atoms with Crippen LogP contribution in [0.1, 0.15) is 46.0 Å². The molecule has 1 N–H and O–H groups in total. The Morgan fingerprint density at radius 1 is 1.13 bits per heavy atom. The van der Waals surface area contributed by atoms with Crippen LogP contribution in [-0.2, 0) is 9.59 Å². The Morgan fingerprint density at radius 3 is 2.43 bits per heavy atom. The average molecular weight is 346 g/mol. The van der Waals surface area contributed by atoms with Crippen LogP contribution in [0.15, 0.2) is 0 Å². The number of amides is 2. The van der Waals surface area contributed by atoms with E-state index in [1.54, 1.807) is 0 Å². The van der Waals surface area contributed by atoms with Crippen molar-refractivity contribution in [3.63, 3.8) is 0 Å². The fourth-order valence-corrected chi connectivity index (χ4v) is 3.54. The quantitative estimate of drug-likeness (QED) is 0.846. The molecule has 134 valence electrons. The van der Waals surface area contributed by atoms with Crippen LogP contribution in [0.4, 0.5) is 0 Å². The van der Waals surface area contributed by atoms with Crippen molar-refractivity contribution in [3.8, 4) is 0 Å². The molecule has 5 nitrogen and oxygen atoms in total. The van der Waals surface area contributed by atoms with Gasteiger partial charge in [-0.1, -0.05) is 13.8 Å². The van der Waals surface area contributed by atoms with Crippen molar-refractivity contribution in [2.75, 3.05) is 33.2 Å². The van der Waals surface area contributed by atoms with Crippen LogP contribution in [0, 0.1) is 11.8 Å². The first-order valence-electron chi connectivity index (χ1n) is 8.81. The lowest BCUT2D eigenvalue weighted by atomic mass is 9.93. The number of hydrogen-bond acceptors (Lipinski definition) is 3. The van der Waals surface area contributed by atoms with E-state index in [0.29, 0.717) is 12.6 Å². The van der Waals surface area contributed by atoms with Gasteiger partial charge >= 0.3 is 0 Å². The molecule has 0 saturated carbocycles. The number of piperidine rings is 2. The topological polar surface area (TPSA) is 52.7 Å². The van der Waals surface area contributed by atoms with Gasteiger partial charge in [-0.3, -0.25) is 9.59 Å². The zero-order valence-corrected chi connectivity index (χ0v) is 15.5. The Bertz CT molecular complexity index is 405. The molecule has 2 rings (SSSR count). The molecule has 23 heavy (non-hydrogen) atoms. The normalized spacial score (nSPS) is 26.4. The summed E-state index contributed by atoms with van der Waals surface area (Å²) in [4.78, 5) is 29.1. The standard InChI is InChI=1S/C17H31N3O2.ClH/c1-4-13(2)16(21)19-9-5-7-14(11-19)17(22)20-10-6-8-15(12-20)18-3;/h13-15,18H,4-12H2,1-3H3;1H. The number of halogens is 1. The van der Waals surface area contributed by atoms with Crippen molar-refractivity contribution in [2.45, 2.75) is 52.0 Å². The van der Waals surface area contributed by atoms with E-state index in [-0.39, 0.29) is 36.1 Å². The number of likely N-dealkylation sites (N-methyl/N-ethyl adjacent to an activating group) is 1. The molecule has 2 aliphatic rings. The summed E-state index contributed by atoms with van der Waals surface area (Å²) < 4.78 is 0. The minimum Gasteiger partial charge on any atom is -0.342 e. The molecule has 2 saturated heterocycles. The summed E-state index contributed by atoms with van der Waals surface area (Å²) in [6.45, 7) is 7.13. The summed E-state index contributed by atoms with van der Waals surface area (Å²) in [7, 11) is 1.96. The van der Waals surface area contributed by atoms with Crippen LogP contribution in [0.2, 0.25) is 0 Å². The Hall–Kier alpha value is -0.810. The first-order valence-corrected chi connectivity index (χ1v) is 8.81. The number of nitrogens with one attached hydrogen (secondary N) is 1. The van der Waals surface area contributed by atoms with Crippen LogP contribution >= 0.6 is 12.4 Å². The summed E-state index contributed by atoms with van der Waals surface area (Å²) >= 11 is 0. The van der Waals surface area contributed by atoms with Gasteiger partial charge in [0.1, 0.15) is 0 Å². The van der Waals surface area contributed by atoms with Gasteiger partial charge in [0, 0.05) is 38.1 Å². The van der Waals surface area contributed by atoms with Gasteiger partial charge < -0.3 is 15.1 Å². The van der Waals surface area contributed by atoms with Crippen LogP contribution in [0.5, 0.6) is 0 Å². The Kier molecular flexibility index (Phi) is 8.34. The van der Waals surface area contributed by atoms with E-state index in [4.69, 9.17) is 0 Å². The molecular weight excluding hydrogens is 314 g/mol. The third-order valence-corrected chi connectivity index (χ3v) is 5.26. The van der Waals surface area contributed by atoms with E-state index >= 15 is 0 Å². The second-order valence-corrected chi connectivity index (χ2v) is 6.84. The molecule has 0 aromatic rings. The highest BCUT2D eigenvalue weighted by Gasteiger charge is 2.33. The zero-order chi connectivity index (χ0) is 16.1. The van der Waals surface area contributed by atoms with Crippen LogP contribution < -0.4 is 5.32 Å². The number of nitrogens with zero attached hydrogens (tertiary/aromatic N) is 2. The van der Waals surface area contributed by atoms with Gasteiger partial charge in [-0.25, -0.2) is 0 Å². The fourth-order valence-electron chi connectivity index (χ4n) is 3.54. The summed E-state index contributed by atoms with van der Waals surface area (Å²) in [5.74, 6) is 0.531. The van der Waals surface area contributed by atoms with Crippen LogP contribution in [0.3, 0.4) is 0 Å². The highest BCUT2D eigenvalue weighted by molar-refractivity contribution is 5.85. The van der Waals surface area contributed by atoms with Gasteiger partial charge in [0.25, 0.3) is 0 Å². The van der Waals surface area contributed by atoms with E-state index in [2.05, 4.69) is 5.32 Å². The fraction of sp³-hybridized carbons (Fsp3) is 0.882. The van der Waals surface area contributed by atoms with Crippen molar-refractivity contribution in [3.05, 3.63) is 0 Å². The monoisotopic (exact) mass is 345 g/mol. The molecule has 3 unspecified atom stereocenters. The molecule has 0 radical (unpaired) electrons. The van der Waals surface area contributed by atoms with Crippen molar-refractivity contribution in [1.82, 2.24) is 15.1 Å². The third kappa shape index (κ3) is 5.08. The van der Waals surface area contributed by atoms with E-state index in [0.717, 1.165) is 51.7 Å². The lowest BCUT2D eigenvalue weighted by Crippen LogP contribution is -2.52. The molecule has 2 fully saturated rings. The van der Waals surface area contributed by atoms with Crippen molar-refractivity contribution in [2.24, 2.45) is 11.8 Å². The van der Waals surface area contributed by atoms with Gasteiger partial charge in [0.05, 0.1) is 5.92 Å². The average Bonchev–Trinajstić information content (AvgIpc) is 2.59. The smallest absolute Gasteiger partial charge is 0.227 e. The largest absolute Gasteiger partial charge is 0.342 e. The van der Waals surface area contributed by atoms with Gasteiger partial charge in [-0.2, -0.15) is 0 Å². The van der Waals surface area contributed by atoms with Crippen molar-refractivity contribution in [1.29, 1.82) is 0 Å². The predicted molar refractivity (Wildman–Crippen MR) is 94.7 cm³/mol. The van der Waals surface area contributed by atoms with Gasteiger partial charge in [0.2, 0.25) is 11.8 Å². The van der Waals surface area contributed by atoms with E-state index in [1.807, 2.05) is 30.7 Å². The SMILES string of the molecule is CCC(C)C(=O)N1CCCC(C(=O)N2CCCC(NC)C2)C1.Cl. The van der Waals surface area contributed by atoms with Gasteiger partial charge in [-0.15, -0.1) is 12.4 Å². The molecule has 2 heterocycles. The maximum Gasteiger partial charge on any atom is 0.227 e. The Balaban J connectivity index is 0.00000264. The first-order chi connectivity index (χ1) is 10.6. The summed E-state index contributed by atoms with van der Waals surface area (Å²) in [5, 5.41) is 3.28. The molecule has 0 aliphatic carbocycles. The number of likely N-dealkylation sites (tertiary alicyclic amines) is 2. The maximum absolute atomic E-state index is 12.8. The minimum absolute atomic E-state index is 0. The van der Waals surface area contributed by atoms with Crippen LogP contribution in [0.25, 0.3) is 0 Å². The Labute approximate surface area is 146 Å². The molecule has 0 aromatic heterocycles. The second-order valence-electron chi connectivity index (χ2n) is 6.84. The first kappa shape index (κ1) is 20.2. The highest BCUT2D eigenvalue weighted by atomic mass is 35.5. The molecule has 0 aromatic carbocycles. The third-order valence-electron chi connectivity index (χ3n) is 5.26. The van der Waals surface area contributed by atoms with E-state index in [1.165, 1.54) is 0 Å². The molecule has 2 aliphatic heterocycles. The van der Waals surface area contributed by atoms with Crippen LogP contribution in [-0.4, -0.2) is 60.9 Å². The lowest BCUT2D eigenvalue weighted by molar-refractivity contribution is -0.143. The minimum atomic E-state index is -0.00244. The number of carbonyl (C=O) groups excluding carboxylic acids is 2. The highest BCUT2D eigenvalue weighted by Crippen LogP contribution is 2.23.